The zero-order valence-corrected chi connectivity index (χ0v) is 14.7. The van der Waals surface area contributed by atoms with Gasteiger partial charge in [-0.05, 0) is 35.7 Å². The normalized spacial score (nSPS) is 12.2. The van der Waals surface area contributed by atoms with Crippen molar-refractivity contribution in [3.05, 3.63) is 47.3 Å². The fraction of sp³-hybridized carbons (Fsp3) is 0.267. The molecule has 136 valence electrons. The Kier molecular flexibility index (Phi) is 5.86. The fourth-order valence-corrected chi connectivity index (χ4v) is 4.14. The van der Waals surface area contributed by atoms with Crippen molar-refractivity contribution >= 4 is 33.0 Å². The molecule has 2 aromatic rings. The van der Waals surface area contributed by atoms with Gasteiger partial charge in [0, 0.05) is 25.7 Å². The topological polar surface area (TPSA) is 66.5 Å². The second-order valence-electron chi connectivity index (χ2n) is 5.05. The van der Waals surface area contributed by atoms with Crippen LogP contribution in [-0.4, -0.2) is 27.4 Å². The first kappa shape index (κ1) is 19.4. The molecule has 0 aliphatic heterocycles. The molecule has 0 spiro atoms. The highest BCUT2D eigenvalue weighted by Gasteiger charge is 2.30. The summed E-state index contributed by atoms with van der Waals surface area (Å²) in [7, 11) is -3.66. The van der Waals surface area contributed by atoms with Gasteiger partial charge >= 0.3 is 6.18 Å². The lowest BCUT2D eigenvalue weighted by Gasteiger charge is -2.22. The number of halogens is 3. The number of rotatable bonds is 6. The summed E-state index contributed by atoms with van der Waals surface area (Å²) < 4.78 is 64.3. The number of hydrogen-bond acceptors (Lipinski definition) is 4. The molecule has 0 fully saturated rings. The van der Waals surface area contributed by atoms with E-state index in [0.29, 0.717) is 0 Å². The van der Waals surface area contributed by atoms with Crippen LogP contribution in [0.15, 0.2) is 46.0 Å². The summed E-state index contributed by atoms with van der Waals surface area (Å²) in [5, 5.41) is 1.62. The summed E-state index contributed by atoms with van der Waals surface area (Å²) in [6, 6.07) is 7.16. The number of amides is 1. The van der Waals surface area contributed by atoms with Gasteiger partial charge < -0.3 is 4.90 Å². The third-order valence-electron chi connectivity index (χ3n) is 3.27. The second kappa shape index (κ2) is 7.54. The monoisotopic (exact) mass is 392 g/mol. The van der Waals surface area contributed by atoms with Gasteiger partial charge in [-0.1, -0.05) is 6.07 Å². The lowest BCUT2D eigenvalue weighted by molar-refractivity contribution is -0.137. The van der Waals surface area contributed by atoms with Crippen LogP contribution >= 0.6 is 11.3 Å². The molecular weight excluding hydrogens is 377 g/mol. The third kappa shape index (κ3) is 5.03. The molecule has 1 N–H and O–H groups in total. The lowest BCUT2D eigenvalue weighted by atomic mass is 10.2. The number of carbonyl (C=O) groups excluding carboxylic acids is 1. The standard InChI is InChI=1S/C15H15F3N2O3S2/c1-11(21)20(13-6-4-12(5-7-13)15(16,17)18)9-8-19-25(22,23)14-3-2-10-24-14/h2-7,10,19H,8-9H2,1H3. The third-order valence-corrected chi connectivity index (χ3v) is 6.13. The maximum atomic E-state index is 12.6. The average molecular weight is 392 g/mol. The molecule has 0 atom stereocenters. The molecule has 5 nitrogen and oxygen atoms in total. The Morgan fingerprint density at radius 1 is 1.20 bits per heavy atom. The number of thiophene rings is 1. The smallest absolute Gasteiger partial charge is 0.311 e. The van der Waals surface area contributed by atoms with Crippen molar-refractivity contribution in [3.8, 4) is 0 Å². The molecule has 1 heterocycles. The molecule has 0 bridgehead atoms. The van der Waals surface area contributed by atoms with E-state index >= 15 is 0 Å². The van der Waals surface area contributed by atoms with Gasteiger partial charge in [0.2, 0.25) is 15.9 Å². The van der Waals surface area contributed by atoms with Crippen LogP contribution in [0, 0.1) is 0 Å². The number of hydrogen-bond donors (Lipinski definition) is 1. The SMILES string of the molecule is CC(=O)N(CCNS(=O)(=O)c1cccs1)c1ccc(C(F)(F)F)cc1. The summed E-state index contributed by atoms with van der Waals surface area (Å²) in [5.41, 5.74) is -0.561. The molecule has 1 aromatic heterocycles. The summed E-state index contributed by atoms with van der Waals surface area (Å²) in [5.74, 6) is -0.407. The van der Waals surface area contributed by atoms with Gasteiger partial charge in [-0.25, -0.2) is 13.1 Å². The molecule has 25 heavy (non-hydrogen) atoms. The Hall–Kier alpha value is -1.91. The van der Waals surface area contributed by atoms with E-state index in [4.69, 9.17) is 0 Å². The second-order valence-corrected chi connectivity index (χ2v) is 7.99. The maximum absolute atomic E-state index is 12.6. The van der Waals surface area contributed by atoms with E-state index in [1.54, 1.807) is 11.4 Å². The van der Waals surface area contributed by atoms with Gasteiger partial charge in [0.1, 0.15) is 4.21 Å². The summed E-state index contributed by atoms with van der Waals surface area (Å²) >= 11 is 1.06. The van der Waals surface area contributed by atoms with Gasteiger partial charge in [-0.15, -0.1) is 11.3 Å². The van der Waals surface area contributed by atoms with E-state index in [-0.39, 0.29) is 23.0 Å². The predicted octanol–water partition coefficient (Wildman–Crippen LogP) is 3.10. The Bertz CT molecular complexity index is 817. The van der Waals surface area contributed by atoms with Crippen molar-refractivity contribution < 1.29 is 26.4 Å². The van der Waals surface area contributed by atoms with E-state index in [0.717, 1.165) is 23.5 Å². The van der Waals surface area contributed by atoms with Gasteiger partial charge in [0.25, 0.3) is 0 Å². The first-order valence-electron chi connectivity index (χ1n) is 7.10. The van der Waals surface area contributed by atoms with Crippen LogP contribution in [0.3, 0.4) is 0 Å². The maximum Gasteiger partial charge on any atom is 0.416 e. The van der Waals surface area contributed by atoms with Crippen LogP contribution in [0.25, 0.3) is 0 Å². The van der Waals surface area contributed by atoms with Crippen LogP contribution in [-0.2, 0) is 21.0 Å². The quantitative estimate of drug-likeness (QED) is 0.822. The highest BCUT2D eigenvalue weighted by Crippen LogP contribution is 2.30. The van der Waals surface area contributed by atoms with E-state index in [1.165, 1.54) is 30.0 Å². The highest BCUT2D eigenvalue weighted by molar-refractivity contribution is 7.91. The molecule has 0 unspecified atom stereocenters. The van der Waals surface area contributed by atoms with E-state index in [2.05, 4.69) is 4.72 Å². The summed E-state index contributed by atoms with van der Waals surface area (Å²) in [6.07, 6.45) is -4.46. The summed E-state index contributed by atoms with van der Waals surface area (Å²) in [4.78, 5) is 12.9. The van der Waals surface area contributed by atoms with Crippen LogP contribution in [0.1, 0.15) is 12.5 Å². The minimum atomic E-state index is -4.46. The number of benzene rings is 1. The Morgan fingerprint density at radius 2 is 1.84 bits per heavy atom. The summed E-state index contributed by atoms with van der Waals surface area (Å²) in [6.45, 7) is 1.18. The lowest BCUT2D eigenvalue weighted by Crippen LogP contribution is -2.37. The van der Waals surface area contributed by atoms with Crippen LogP contribution < -0.4 is 9.62 Å². The Balaban J connectivity index is 2.05. The number of carbonyl (C=O) groups is 1. The van der Waals surface area contributed by atoms with Crippen LogP contribution in [0.2, 0.25) is 0 Å². The zero-order valence-electron chi connectivity index (χ0n) is 13.1. The number of nitrogens with one attached hydrogen (secondary N) is 1. The first-order chi connectivity index (χ1) is 11.6. The Morgan fingerprint density at radius 3 is 2.32 bits per heavy atom. The van der Waals surface area contributed by atoms with Gasteiger partial charge in [0.05, 0.1) is 5.56 Å². The minimum Gasteiger partial charge on any atom is -0.311 e. The molecule has 0 saturated carbocycles. The van der Waals surface area contributed by atoms with Crippen LogP contribution in [0.4, 0.5) is 18.9 Å². The predicted molar refractivity (Wildman–Crippen MR) is 89.0 cm³/mol. The molecule has 0 aliphatic rings. The molecule has 10 heteroatoms. The van der Waals surface area contributed by atoms with Gasteiger partial charge in [-0.3, -0.25) is 4.79 Å². The largest absolute Gasteiger partial charge is 0.416 e. The highest BCUT2D eigenvalue weighted by atomic mass is 32.2. The molecule has 1 amide bonds. The molecule has 1 aromatic carbocycles. The van der Waals surface area contributed by atoms with E-state index in [9.17, 15) is 26.4 Å². The zero-order chi connectivity index (χ0) is 18.7. The number of sulfonamides is 1. The molecular formula is C15H15F3N2O3S2. The number of alkyl halides is 3. The van der Waals surface area contributed by atoms with E-state index < -0.39 is 27.7 Å². The van der Waals surface area contributed by atoms with Crippen molar-refractivity contribution in [3.63, 3.8) is 0 Å². The van der Waals surface area contributed by atoms with Gasteiger partial charge in [0.15, 0.2) is 0 Å². The van der Waals surface area contributed by atoms with Crippen molar-refractivity contribution in [2.45, 2.75) is 17.3 Å². The number of nitrogens with zero attached hydrogens (tertiary/aromatic N) is 1. The van der Waals surface area contributed by atoms with Crippen molar-refractivity contribution in [1.82, 2.24) is 4.72 Å². The number of anilines is 1. The van der Waals surface area contributed by atoms with Crippen molar-refractivity contribution in [2.75, 3.05) is 18.0 Å². The fourth-order valence-electron chi connectivity index (χ4n) is 2.08. The van der Waals surface area contributed by atoms with Crippen molar-refractivity contribution in [1.29, 1.82) is 0 Å². The van der Waals surface area contributed by atoms with Gasteiger partial charge in [-0.2, -0.15) is 13.2 Å². The average Bonchev–Trinajstić information content (AvgIpc) is 3.06. The molecule has 0 aliphatic carbocycles. The van der Waals surface area contributed by atoms with E-state index in [1.807, 2.05) is 0 Å². The molecule has 0 radical (unpaired) electrons. The first-order valence-corrected chi connectivity index (χ1v) is 9.46. The molecule has 2 rings (SSSR count). The Labute approximate surface area is 147 Å². The minimum absolute atomic E-state index is 0.00863. The van der Waals surface area contributed by atoms with Crippen molar-refractivity contribution in [2.24, 2.45) is 0 Å². The molecule has 0 saturated heterocycles. The van der Waals surface area contributed by atoms with Crippen LogP contribution in [0.5, 0.6) is 0 Å².